The molecule has 4 rings (SSSR count). The van der Waals surface area contributed by atoms with Crippen molar-refractivity contribution in [2.24, 2.45) is 0 Å². The van der Waals surface area contributed by atoms with Crippen molar-refractivity contribution in [3.05, 3.63) is 24.2 Å². The highest BCUT2D eigenvalue weighted by Gasteiger charge is 2.33. The van der Waals surface area contributed by atoms with E-state index in [1.54, 1.807) is 18.1 Å². The Morgan fingerprint density at radius 2 is 1.97 bits per heavy atom. The van der Waals surface area contributed by atoms with E-state index in [0.29, 0.717) is 19.8 Å². The number of nitrogens with zero attached hydrogens (tertiary/aromatic N) is 4. The van der Waals surface area contributed by atoms with E-state index in [1.807, 2.05) is 31.5 Å². The molecule has 2 aromatic rings. The maximum Gasteiger partial charge on any atom is 0.407 e. The third-order valence-electron chi connectivity index (χ3n) is 5.75. The summed E-state index contributed by atoms with van der Waals surface area (Å²) in [5.41, 5.74) is 1.58. The number of amides is 1. The summed E-state index contributed by atoms with van der Waals surface area (Å²) in [6, 6.07) is 4.27. The number of aliphatic hydroxyl groups is 2. The van der Waals surface area contributed by atoms with Crippen molar-refractivity contribution in [3.8, 4) is 0 Å². The second-order valence-electron chi connectivity index (χ2n) is 10.7. The highest BCUT2D eigenvalue weighted by molar-refractivity contribution is 7.98. The molecule has 1 amide bonds. The Kier molecular flexibility index (Phi) is 10.2. The summed E-state index contributed by atoms with van der Waals surface area (Å²) in [4.78, 5) is 18.8. The smallest absolute Gasteiger partial charge is 0.407 e. The minimum Gasteiger partial charge on any atom is -0.444 e. The summed E-state index contributed by atoms with van der Waals surface area (Å²) in [5.74, 6) is -1.50. The number of ether oxygens (including phenoxy) is 3. The Morgan fingerprint density at radius 1 is 1.24 bits per heavy atom. The van der Waals surface area contributed by atoms with Crippen molar-refractivity contribution >= 4 is 23.4 Å². The van der Waals surface area contributed by atoms with Gasteiger partial charge in [-0.2, -0.15) is 5.10 Å². The zero-order valence-corrected chi connectivity index (χ0v) is 23.5. The van der Waals surface area contributed by atoms with Gasteiger partial charge in [-0.15, -0.1) is 11.8 Å². The molecule has 3 atom stereocenters. The molecule has 0 radical (unpaired) electrons. The number of rotatable bonds is 6. The number of hydrogen-bond donors (Lipinski definition) is 3. The van der Waals surface area contributed by atoms with Gasteiger partial charge in [-0.1, -0.05) is 0 Å². The van der Waals surface area contributed by atoms with Gasteiger partial charge in [0.2, 0.25) is 0 Å². The number of morpholine rings is 1. The quantitative estimate of drug-likeness (QED) is 0.372. The number of alkyl carbamates (subject to hydrolysis) is 1. The number of nitrogens with one attached hydrogen (secondary N) is 1. The van der Waals surface area contributed by atoms with Crippen molar-refractivity contribution in [1.82, 2.24) is 24.8 Å². The molecule has 2 fully saturated rings. The third-order valence-corrected chi connectivity index (χ3v) is 6.45. The van der Waals surface area contributed by atoms with Gasteiger partial charge in [-0.25, -0.2) is 14.3 Å². The predicted molar refractivity (Wildman–Crippen MR) is 141 cm³/mol. The fourth-order valence-corrected chi connectivity index (χ4v) is 4.80. The minimum absolute atomic E-state index is 0.0199. The van der Waals surface area contributed by atoms with Crippen molar-refractivity contribution in [3.63, 3.8) is 0 Å². The van der Waals surface area contributed by atoms with Gasteiger partial charge in [0.05, 0.1) is 36.6 Å². The highest BCUT2D eigenvalue weighted by Crippen LogP contribution is 2.35. The summed E-state index contributed by atoms with van der Waals surface area (Å²) in [6.45, 7) is 11.6. The lowest BCUT2D eigenvalue weighted by atomic mass is 10.1. The van der Waals surface area contributed by atoms with Gasteiger partial charge in [0, 0.05) is 19.6 Å². The van der Waals surface area contributed by atoms with Crippen LogP contribution >= 0.6 is 11.8 Å². The lowest BCUT2D eigenvalue weighted by molar-refractivity contribution is -0.127. The molecular weight excluding hydrogens is 498 g/mol. The fraction of sp³-hybridized carbons (Fsp3) is 0.720. The monoisotopic (exact) mass is 539 g/mol. The molecule has 2 aliphatic heterocycles. The molecule has 2 aliphatic rings. The number of carbonyl (C=O) groups is 1. The van der Waals surface area contributed by atoms with E-state index >= 15 is 0 Å². The van der Waals surface area contributed by atoms with Crippen LogP contribution < -0.4 is 5.32 Å². The topological polar surface area (TPSA) is 131 Å². The van der Waals surface area contributed by atoms with Crippen LogP contribution in [0.2, 0.25) is 0 Å². The average Bonchev–Trinajstić information content (AvgIpc) is 3.43. The van der Waals surface area contributed by atoms with Crippen LogP contribution in [0.25, 0.3) is 5.52 Å². The van der Waals surface area contributed by atoms with Crippen molar-refractivity contribution in [1.29, 1.82) is 0 Å². The Hall–Kier alpha value is -1.96. The number of aromatic nitrogens is 3. The fourth-order valence-electron chi connectivity index (χ4n) is 4.28. The Labute approximate surface area is 222 Å². The van der Waals surface area contributed by atoms with E-state index in [9.17, 15) is 4.79 Å². The first-order chi connectivity index (χ1) is 17.3. The van der Waals surface area contributed by atoms with Gasteiger partial charge in [-0.05, 0) is 65.8 Å². The number of carbonyl (C=O) groups excluding carboxylic acids is 1. The van der Waals surface area contributed by atoms with Crippen molar-refractivity contribution in [2.75, 3.05) is 39.1 Å². The first kappa shape index (κ1) is 29.6. The summed E-state index contributed by atoms with van der Waals surface area (Å²) in [7, 11) is 0. The second-order valence-corrected chi connectivity index (χ2v) is 11.5. The molecule has 12 heteroatoms. The molecule has 37 heavy (non-hydrogen) atoms. The van der Waals surface area contributed by atoms with E-state index in [0.717, 1.165) is 42.2 Å². The molecule has 0 aliphatic carbocycles. The molecule has 2 aromatic heterocycles. The predicted octanol–water partition coefficient (Wildman–Crippen LogP) is 2.60. The van der Waals surface area contributed by atoms with Gasteiger partial charge in [0.15, 0.2) is 5.79 Å². The zero-order chi connectivity index (χ0) is 27.2. The van der Waals surface area contributed by atoms with E-state index in [4.69, 9.17) is 24.4 Å². The van der Waals surface area contributed by atoms with Gasteiger partial charge >= 0.3 is 6.09 Å². The Balaban J connectivity index is 0.000000695. The molecule has 0 saturated carbocycles. The van der Waals surface area contributed by atoms with Crippen LogP contribution in [0, 0.1) is 0 Å². The first-order valence-corrected chi connectivity index (χ1v) is 13.8. The number of hydrogen-bond acceptors (Lipinski definition) is 10. The molecule has 0 bridgehead atoms. The maximum absolute atomic E-state index is 12.0. The Morgan fingerprint density at radius 3 is 2.65 bits per heavy atom. The first-order valence-electron chi connectivity index (χ1n) is 12.6. The van der Waals surface area contributed by atoms with Crippen LogP contribution in [0.5, 0.6) is 0 Å². The average molecular weight is 540 g/mol. The number of fused-ring (bicyclic) bond motifs is 1. The van der Waals surface area contributed by atoms with Gasteiger partial charge in [-0.3, -0.25) is 4.90 Å². The van der Waals surface area contributed by atoms with E-state index < -0.39 is 17.5 Å². The molecular formula is C25H41N5O6S. The number of thioether (sulfide) groups is 1. The van der Waals surface area contributed by atoms with Crippen LogP contribution in [0.3, 0.4) is 0 Å². The van der Waals surface area contributed by atoms with E-state index in [1.165, 1.54) is 13.8 Å². The molecule has 0 unspecified atom stereocenters. The van der Waals surface area contributed by atoms with E-state index in [-0.39, 0.29) is 18.2 Å². The summed E-state index contributed by atoms with van der Waals surface area (Å²) in [6.07, 6.45) is 5.33. The van der Waals surface area contributed by atoms with E-state index in [2.05, 4.69) is 32.4 Å². The van der Waals surface area contributed by atoms with Crippen molar-refractivity contribution in [2.45, 2.75) is 82.1 Å². The van der Waals surface area contributed by atoms with Crippen LogP contribution in [0.15, 0.2) is 23.5 Å². The summed E-state index contributed by atoms with van der Waals surface area (Å²) in [5, 5.41) is 24.4. The van der Waals surface area contributed by atoms with Crippen LogP contribution in [0.1, 0.15) is 59.3 Å². The van der Waals surface area contributed by atoms with Gasteiger partial charge in [0.25, 0.3) is 0 Å². The molecule has 11 nitrogen and oxygen atoms in total. The minimum atomic E-state index is -1.50. The molecule has 208 valence electrons. The molecule has 4 heterocycles. The Bertz CT molecular complexity index is 1020. The van der Waals surface area contributed by atoms with Crippen LogP contribution in [-0.2, 0) is 14.2 Å². The van der Waals surface area contributed by atoms with Gasteiger partial charge in [0.1, 0.15) is 23.1 Å². The maximum atomic E-state index is 12.0. The second kappa shape index (κ2) is 12.7. The van der Waals surface area contributed by atoms with Crippen LogP contribution in [-0.4, -0.2) is 98.4 Å². The lowest BCUT2D eigenvalue weighted by Crippen LogP contribution is -2.53. The zero-order valence-electron chi connectivity index (χ0n) is 22.6. The summed E-state index contributed by atoms with van der Waals surface area (Å²) >= 11 is 1.62. The largest absolute Gasteiger partial charge is 0.444 e. The van der Waals surface area contributed by atoms with Crippen LogP contribution in [0.4, 0.5) is 4.79 Å². The summed E-state index contributed by atoms with van der Waals surface area (Å²) < 4.78 is 19.4. The van der Waals surface area contributed by atoms with Crippen molar-refractivity contribution < 1.29 is 29.2 Å². The molecule has 2 saturated heterocycles. The highest BCUT2D eigenvalue weighted by atomic mass is 32.2. The third kappa shape index (κ3) is 9.38. The molecule has 3 N–H and O–H groups in total. The standard InChI is InChI=1S/C22H33N5O4S.C3H8O2/c1-22(2,3)31-21(28)23-11-15-13-29-10-9-26(15)12-16-5-8-19(30-16)17-6-7-18-20(32-4)24-14-25-27(17)18;1-3(2,4)5/h6-7,14-16,19H,5,8-13H2,1-4H3,(H,23,28);4-5H,1-2H3/t15-,16+,19-;/m1./s1. The van der Waals surface area contributed by atoms with Gasteiger partial charge < -0.3 is 29.7 Å². The molecule has 0 aromatic carbocycles. The normalized spacial score (nSPS) is 23.0. The molecule has 0 spiro atoms. The SMILES string of the molecule is CC(C)(O)O.CSc1ncnn2c([C@H]3CC[C@@H](CN4CCOC[C@H]4CNC(=O)OC(C)(C)C)O3)ccc12. The lowest BCUT2D eigenvalue weighted by Gasteiger charge is -2.37.